The highest BCUT2D eigenvalue weighted by atomic mass is 19.4. The van der Waals surface area contributed by atoms with Crippen molar-refractivity contribution in [2.75, 3.05) is 0 Å². The van der Waals surface area contributed by atoms with Gasteiger partial charge in [-0.15, -0.1) is 5.10 Å². The van der Waals surface area contributed by atoms with E-state index >= 15 is 0 Å². The largest absolute Gasteiger partial charge is 0.481 e. The first-order chi connectivity index (χ1) is 7.30. The predicted octanol–water partition coefficient (Wildman–Crippen LogP) is 1.15. The van der Waals surface area contributed by atoms with Gasteiger partial charge in [0.1, 0.15) is 0 Å². The molecule has 1 aromatic rings. The summed E-state index contributed by atoms with van der Waals surface area (Å²) in [6.07, 6.45) is -4.29. The number of carboxylic acids is 1. The van der Waals surface area contributed by atoms with Gasteiger partial charge in [0.05, 0.1) is 12.1 Å². The second-order valence-electron chi connectivity index (χ2n) is 3.20. The molecule has 1 heterocycles. The number of aliphatic carboxylic acids is 1. The Hall–Kier alpha value is -1.73. The van der Waals surface area contributed by atoms with E-state index < -0.39 is 23.8 Å². The maximum Gasteiger partial charge on any atom is 0.435 e. The lowest BCUT2D eigenvalue weighted by Gasteiger charge is -2.07. The second kappa shape index (κ2) is 4.42. The minimum atomic E-state index is -4.60. The molecule has 8 heteroatoms. The molecular weight excluding hydrogens is 227 g/mol. The smallest absolute Gasteiger partial charge is 0.435 e. The third kappa shape index (κ3) is 3.14. The topological polar surface area (TPSA) is 76.0 Å². The van der Waals surface area contributed by atoms with E-state index in [1.165, 1.54) is 6.92 Å². The standard InChI is InChI=1S/C8H8F3N3O2/c1-4(7(15)16)2-6-13-5(3-12-14-6)8(9,10)11/h3-4H,2H2,1H3,(H,15,16). The van der Waals surface area contributed by atoms with Gasteiger partial charge in [-0.25, -0.2) is 4.98 Å². The summed E-state index contributed by atoms with van der Waals surface area (Å²) >= 11 is 0. The van der Waals surface area contributed by atoms with Crippen LogP contribution in [0.3, 0.4) is 0 Å². The molecule has 0 aromatic carbocycles. The van der Waals surface area contributed by atoms with Crippen LogP contribution in [0.15, 0.2) is 6.20 Å². The Kier molecular flexibility index (Phi) is 3.41. The Morgan fingerprint density at radius 3 is 2.69 bits per heavy atom. The van der Waals surface area contributed by atoms with E-state index in [1.54, 1.807) is 0 Å². The van der Waals surface area contributed by atoms with E-state index in [0.717, 1.165) is 0 Å². The Bertz CT molecular complexity index is 394. The maximum atomic E-state index is 12.2. The molecule has 0 saturated heterocycles. The zero-order valence-corrected chi connectivity index (χ0v) is 8.19. The van der Waals surface area contributed by atoms with E-state index in [4.69, 9.17) is 5.11 Å². The summed E-state index contributed by atoms with van der Waals surface area (Å²) in [5.74, 6) is -2.21. The Labute approximate surface area is 88.3 Å². The highest BCUT2D eigenvalue weighted by Gasteiger charge is 2.33. The number of rotatable bonds is 3. The van der Waals surface area contributed by atoms with E-state index in [-0.39, 0.29) is 12.2 Å². The van der Waals surface area contributed by atoms with E-state index in [0.29, 0.717) is 6.20 Å². The normalized spacial score (nSPS) is 13.5. The summed E-state index contributed by atoms with van der Waals surface area (Å²) < 4.78 is 36.7. The highest BCUT2D eigenvalue weighted by Crippen LogP contribution is 2.26. The number of nitrogens with zero attached hydrogens (tertiary/aromatic N) is 3. The number of hydrogen-bond acceptors (Lipinski definition) is 4. The molecule has 0 saturated carbocycles. The number of alkyl halides is 3. The van der Waals surface area contributed by atoms with Crippen LogP contribution < -0.4 is 0 Å². The van der Waals surface area contributed by atoms with Gasteiger partial charge in [0.25, 0.3) is 0 Å². The number of carbonyl (C=O) groups is 1. The van der Waals surface area contributed by atoms with Crippen LogP contribution in [-0.2, 0) is 17.4 Å². The van der Waals surface area contributed by atoms with Crippen LogP contribution in [0.1, 0.15) is 18.4 Å². The number of aromatic nitrogens is 3. The third-order valence-corrected chi connectivity index (χ3v) is 1.80. The van der Waals surface area contributed by atoms with Crippen LogP contribution in [-0.4, -0.2) is 26.3 Å². The van der Waals surface area contributed by atoms with Crippen molar-refractivity contribution in [1.29, 1.82) is 0 Å². The Morgan fingerprint density at radius 2 is 2.19 bits per heavy atom. The van der Waals surface area contributed by atoms with Crippen molar-refractivity contribution in [2.24, 2.45) is 5.92 Å². The lowest BCUT2D eigenvalue weighted by Crippen LogP contribution is -2.17. The molecule has 1 aromatic heterocycles. The first kappa shape index (κ1) is 12.3. The van der Waals surface area contributed by atoms with Gasteiger partial charge in [0, 0.05) is 6.42 Å². The molecule has 0 spiro atoms. The van der Waals surface area contributed by atoms with Crippen LogP contribution >= 0.6 is 0 Å². The minimum absolute atomic E-state index is 0.188. The van der Waals surface area contributed by atoms with Gasteiger partial charge in [0.15, 0.2) is 11.5 Å². The average Bonchev–Trinajstić information content (AvgIpc) is 2.16. The third-order valence-electron chi connectivity index (χ3n) is 1.80. The van der Waals surface area contributed by atoms with E-state index in [2.05, 4.69) is 15.2 Å². The predicted molar refractivity (Wildman–Crippen MR) is 45.3 cm³/mol. The number of carboxylic acid groups (broad SMARTS) is 1. The molecule has 0 aliphatic rings. The summed E-state index contributed by atoms with van der Waals surface area (Å²) in [5.41, 5.74) is -1.17. The fraction of sp³-hybridized carbons (Fsp3) is 0.500. The molecule has 16 heavy (non-hydrogen) atoms. The van der Waals surface area contributed by atoms with Crippen molar-refractivity contribution < 1.29 is 23.1 Å². The van der Waals surface area contributed by atoms with Gasteiger partial charge >= 0.3 is 12.1 Å². The first-order valence-corrected chi connectivity index (χ1v) is 4.29. The summed E-state index contributed by atoms with van der Waals surface area (Å²) in [4.78, 5) is 13.7. The summed E-state index contributed by atoms with van der Waals surface area (Å²) in [6, 6.07) is 0. The van der Waals surface area contributed by atoms with Crippen molar-refractivity contribution in [3.05, 3.63) is 17.7 Å². The van der Waals surface area contributed by atoms with Gasteiger partial charge in [0.2, 0.25) is 0 Å². The number of hydrogen-bond donors (Lipinski definition) is 1. The van der Waals surface area contributed by atoms with Crippen LogP contribution in [0, 0.1) is 5.92 Å². The van der Waals surface area contributed by atoms with Gasteiger partial charge in [-0.2, -0.15) is 18.3 Å². The van der Waals surface area contributed by atoms with Gasteiger partial charge in [-0.3, -0.25) is 4.79 Å². The van der Waals surface area contributed by atoms with Crippen LogP contribution in [0.5, 0.6) is 0 Å². The lowest BCUT2D eigenvalue weighted by molar-refractivity contribution is -0.141. The maximum absolute atomic E-state index is 12.2. The average molecular weight is 235 g/mol. The van der Waals surface area contributed by atoms with Crippen molar-refractivity contribution >= 4 is 5.97 Å². The summed E-state index contributed by atoms with van der Waals surface area (Å²) in [6.45, 7) is 1.35. The fourth-order valence-electron chi connectivity index (χ4n) is 0.925. The summed E-state index contributed by atoms with van der Waals surface area (Å²) in [5, 5.41) is 15.1. The van der Waals surface area contributed by atoms with Crippen molar-refractivity contribution in [3.63, 3.8) is 0 Å². The van der Waals surface area contributed by atoms with Crippen LogP contribution in [0.25, 0.3) is 0 Å². The monoisotopic (exact) mass is 235 g/mol. The van der Waals surface area contributed by atoms with Crippen molar-refractivity contribution in [1.82, 2.24) is 15.2 Å². The minimum Gasteiger partial charge on any atom is -0.481 e. The highest BCUT2D eigenvalue weighted by molar-refractivity contribution is 5.69. The first-order valence-electron chi connectivity index (χ1n) is 4.29. The fourth-order valence-corrected chi connectivity index (χ4v) is 0.925. The van der Waals surface area contributed by atoms with Gasteiger partial charge in [-0.05, 0) is 0 Å². The van der Waals surface area contributed by atoms with Crippen molar-refractivity contribution in [3.8, 4) is 0 Å². The molecule has 1 N–H and O–H groups in total. The molecule has 5 nitrogen and oxygen atoms in total. The molecule has 0 amide bonds. The SMILES string of the molecule is CC(Cc1nncc(C(F)(F)F)n1)C(=O)O. The molecule has 1 atom stereocenters. The zero-order valence-electron chi connectivity index (χ0n) is 8.19. The second-order valence-corrected chi connectivity index (χ2v) is 3.20. The molecule has 0 aliphatic carbocycles. The zero-order chi connectivity index (χ0) is 12.3. The molecule has 1 unspecified atom stereocenters. The number of halogens is 3. The molecule has 0 fully saturated rings. The van der Waals surface area contributed by atoms with Crippen LogP contribution in [0.2, 0.25) is 0 Å². The Balaban J connectivity index is 2.87. The van der Waals surface area contributed by atoms with E-state index in [9.17, 15) is 18.0 Å². The molecule has 0 bridgehead atoms. The molecule has 1 rings (SSSR count). The van der Waals surface area contributed by atoms with Gasteiger partial charge < -0.3 is 5.11 Å². The molecule has 0 radical (unpaired) electrons. The van der Waals surface area contributed by atoms with Crippen LogP contribution in [0.4, 0.5) is 13.2 Å². The molecule has 88 valence electrons. The lowest BCUT2D eigenvalue weighted by atomic mass is 10.1. The summed E-state index contributed by atoms with van der Waals surface area (Å²) in [7, 11) is 0. The molecular formula is C8H8F3N3O2. The van der Waals surface area contributed by atoms with E-state index in [1.807, 2.05) is 0 Å². The van der Waals surface area contributed by atoms with Gasteiger partial charge in [-0.1, -0.05) is 6.92 Å². The van der Waals surface area contributed by atoms with Crippen molar-refractivity contribution in [2.45, 2.75) is 19.5 Å². The quantitative estimate of drug-likeness (QED) is 0.850. The Morgan fingerprint density at radius 1 is 1.56 bits per heavy atom. The molecule has 0 aliphatic heterocycles.